The van der Waals surface area contributed by atoms with Crippen molar-refractivity contribution in [2.75, 3.05) is 0 Å². The van der Waals surface area contributed by atoms with Crippen molar-refractivity contribution < 1.29 is 0 Å². The molecule has 0 aromatic heterocycles. The highest BCUT2D eigenvalue weighted by molar-refractivity contribution is 5.00. The fourth-order valence-electron chi connectivity index (χ4n) is 2.25. The Bertz CT molecular complexity index is 126. The van der Waals surface area contributed by atoms with Crippen molar-refractivity contribution >= 4 is 0 Å². The predicted molar refractivity (Wildman–Crippen MR) is 39.1 cm³/mol. The summed E-state index contributed by atoms with van der Waals surface area (Å²) in [6.07, 6.45) is 8.07. The molecule has 0 nitrogen and oxygen atoms in total. The van der Waals surface area contributed by atoms with Gasteiger partial charge in [0.2, 0.25) is 0 Å². The molecule has 0 N–H and O–H groups in total. The molecule has 0 heterocycles. The lowest BCUT2D eigenvalue weighted by Crippen LogP contribution is -2.05. The molecule has 2 fully saturated rings. The fourth-order valence-corrected chi connectivity index (χ4v) is 2.25. The van der Waals surface area contributed by atoms with Crippen LogP contribution in [-0.4, -0.2) is 0 Å². The molecular weight excluding hydrogens is 108 g/mol. The van der Waals surface area contributed by atoms with E-state index in [0.29, 0.717) is 0 Å². The lowest BCUT2D eigenvalue weighted by Gasteiger charge is -2.16. The first-order valence-electron chi connectivity index (χ1n) is 4.04. The Morgan fingerprint density at radius 1 is 1.33 bits per heavy atom. The minimum atomic E-state index is 0.892. The van der Waals surface area contributed by atoms with E-state index in [1.54, 1.807) is 0 Å². The average molecular weight is 122 g/mol. The summed E-state index contributed by atoms with van der Waals surface area (Å²) >= 11 is 0. The molecule has 2 rings (SSSR count). The molecule has 0 aromatic carbocycles. The van der Waals surface area contributed by atoms with Crippen LogP contribution in [0.4, 0.5) is 0 Å². The maximum Gasteiger partial charge on any atom is -0.0205 e. The lowest BCUT2D eigenvalue weighted by atomic mass is 9.89. The molecule has 0 aliphatic heterocycles. The van der Waals surface area contributed by atoms with Crippen LogP contribution in [0, 0.1) is 17.8 Å². The van der Waals surface area contributed by atoms with Crippen LogP contribution in [0.25, 0.3) is 0 Å². The van der Waals surface area contributed by atoms with Crippen molar-refractivity contribution in [2.45, 2.75) is 25.7 Å². The summed E-state index contributed by atoms with van der Waals surface area (Å²) in [7, 11) is 0. The standard InChI is InChI=1S/C9H14/c1-2-7-4-3-5-8-6-9(7)8/h2,7-9H,1,3-6H2. The molecule has 0 aromatic rings. The first-order chi connectivity index (χ1) is 4.42. The minimum Gasteiger partial charge on any atom is -0.103 e. The predicted octanol–water partition coefficient (Wildman–Crippen LogP) is 2.61. The Labute approximate surface area is 57.0 Å². The second-order valence-corrected chi connectivity index (χ2v) is 3.49. The van der Waals surface area contributed by atoms with E-state index >= 15 is 0 Å². The highest BCUT2D eigenvalue weighted by atomic mass is 14.5. The number of hydrogen-bond donors (Lipinski definition) is 0. The van der Waals surface area contributed by atoms with Gasteiger partial charge in [-0.2, -0.15) is 0 Å². The summed E-state index contributed by atoms with van der Waals surface area (Å²) < 4.78 is 0. The third kappa shape index (κ3) is 0.810. The molecule has 2 aliphatic carbocycles. The normalized spacial score (nSPS) is 47.8. The van der Waals surface area contributed by atoms with Crippen LogP contribution in [0.2, 0.25) is 0 Å². The largest absolute Gasteiger partial charge is 0.103 e. The van der Waals surface area contributed by atoms with Crippen LogP contribution in [0.3, 0.4) is 0 Å². The molecule has 0 saturated heterocycles. The third-order valence-electron chi connectivity index (χ3n) is 2.94. The smallest absolute Gasteiger partial charge is 0.0205 e. The Morgan fingerprint density at radius 3 is 2.89 bits per heavy atom. The van der Waals surface area contributed by atoms with Gasteiger partial charge in [0.25, 0.3) is 0 Å². The molecule has 0 spiro atoms. The lowest BCUT2D eigenvalue weighted by molar-refractivity contribution is 0.396. The van der Waals surface area contributed by atoms with Crippen molar-refractivity contribution in [3.8, 4) is 0 Å². The molecule has 0 heteroatoms. The maximum absolute atomic E-state index is 3.86. The van der Waals surface area contributed by atoms with Gasteiger partial charge in [-0.15, -0.1) is 6.58 Å². The van der Waals surface area contributed by atoms with Crippen LogP contribution in [0.5, 0.6) is 0 Å². The zero-order chi connectivity index (χ0) is 6.27. The number of rotatable bonds is 1. The van der Waals surface area contributed by atoms with E-state index in [0.717, 1.165) is 17.8 Å². The van der Waals surface area contributed by atoms with Crippen LogP contribution in [0.15, 0.2) is 12.7 Å². The van der Waals surface area contributed by atoms with Gasteiger partial charge in [-0.25, -0.2) is 0 Å². The molecule has 3 atom stereocenters. The van der Waals surface area contributed by atoms with Gasteiger partial charge in [0.1, 0.15) is 0 Å². The Balaban J connectivity index is 2.00. The molecule has 50 valence electrons. The van der Waals surface area contributed by atoms with E-state index < -0.39 is 0 Å². The molecule has 3 unspecified atom stereocenters. The first-order valence-corrected chi connectivity index (χ1v) is 4.04. The number of hydrogen-bond acceptors (Lipinski definition) is 0. The summed E-state index contributed by atoms with van der Waals surface area (Å²) in [6, 6.07) is 0. The second-order valence-electron chi connectivity index (χ2n) is 3.49. The molecular formula is C9H14. The van der Waals surface area contributed by atoms with Crippen molar-refractivity contribution in [1.82, 2.24) is 0 Å². The van der Waals surface area contributed by atoms with E-state index in [1.807, 2.05) is 0 Å². The molecule has 2 saturated carbocycles. The minimum absolute atomic E-state index is 0.892. The van der Waals surface area contributed by atoms with Crippen molar-refractivity contribution in [3.63, 3.8) is 0 Å². The van der Waals surface area contributed by atoms with E-state index in [-0.39, 0.29) is 0 Å². The van der Waals surface area contributed by atoms with Gasteiger partial charge in [0.05, 0.1) is 0 Å². The maximum atomic E-state index is 3.86. The van der Waals surface area contributed by atoms with Crippen LogP contribution < -0.4 is 0 Å². The van der Waals surface area contributed by atoms with E-state index in [2.05, 4.69) is 12.7 Å². The van der Waals surface area contributed by atoms with Crippen LogP contribution in [0.1, 0.15) is 25.7 Å². The monoisotopic (exact) mass is 122 g/mol. The van der Waals surface area contributed by atoms with Crippen molar-refractivity contribution in [2.24, 2.45) is 17.8 Å². The van der Waals surface area contributed by atoms with E-state index in [1.165, 1.54) is 25.7 Å². The summed E-state index contributed by atoms with van der Waals surface area (Å²) in [5, 5.41) is 0. The molecule has 0 amide bonds. The van der Waals surface area contributed by atoms with Gasteiger partial charge < -0.3 is 0 Å². The second kappa shape index (κ2) is 1.86. The Morgan fingerprint density at radius 2 is 2.22 bits per heavy atom. The zero-order valence-electron chi connectivity index (χ0n) is 5.84. The van der Waals surface area contributed by atoms with Crippen molar-refractivity contribution in [1.29, 1.82) is 0 Å². The summed E-state index contributed by atoms with van der Waals surface area (Å²) in [4.78, 5) is 0. The molecule has 9 heavy (non-hydrogen) atoms. The summed E-state index contributed by atoms with van der Waals surface area (Å²) in [5.74, 6) is 3.07. The number of fused-ring (bicyclic) bond motifs is 1. The molecule has 0 bridgehead atoms. The van der Waals surface area contributed by atoms with E-state index in [9.17, 15) is 0 Å². The van der Waals surface area contributed by atoms with E-state index in [4.69, 9.17) is 0 Å². The highest BCUT2D eigenvalue weighted by Crippen LogP contribution is 2.52. The van der Waals surface area contributed by atoms with Gasteiger partial charge in [0.15, 0.2) is 0 Å². The third-order valence-corrected chi connectivity index (χ3v) is 2.94. The topological polar surface area (TPSA) is 0 Å². The van der Waals surface area contributed by atoms with Crippen LogP contribution >= 0.6 is 0 Å². The summed E-state index contributed by atoms with van der Waals surface area (Å²) in [5.41, 5.74) is 0. The zero-order valence-corrected chi connectivity index (χ0v) is 5.84. The summed E-state index contributed by atoms with van der Waals surface area (Å²) in [6.45, 7) is 3.86. The van der Waals surface area contributed by atoms with Crippen molar-refractivity contribution in [3.05, 3.63) is 12.7 Å². The number of allylic oxidation sites excluding steroid dienone is 1. The van der Waals surface area contributed by atoms with Gasteiger partial charge in [-0.1, -0.05) is 18.9 Å². The van der Waals surface area contributed by atoms with Gasteiger partial charge >= 0.3 is 0 Å². The van der Waals surface area contributed by atoms with Gasteiger partial charge in [-0.05, 0) is 30.6 Å². The average Bonchev–Trinajstić information content (AvgIpc) is 2.64. The molecule has 0 radical (unpaired) electrons. The van der Waals surface area contributed by atoms with Gasteiger partial charge in [0, 0.05) is 0 Å². The Hall–Kier alpha value is -0.260. The fraction of sp³-hybridized carbons (Fsp3) is 0.778. The first kappa shape index (κ1) is 5.52. The highest BCUT2D eigenvalue weighted by Gasteiger charge is 2.43. The Kier molecular flexibility index (Phi) is 1.14. The SMILES string of the molecule is C=CC1CCCC2CC12. The van der Waals surface area contributed by atoms with Gasteiger partial charge in [-0.3, -0.25) is 0 Å². The quantitative estimate of drug-likeness (QED) is 0.469. The van der Waals surface area contributed by atoms with Crippen LogP contribution in [-0.2, 0) is 0 Å². The molecule has 2 aliphatic rings.